The molecule has 0 bridgehead atoms. The third kappa shape index (κ3) is 5.71. The van der Waals surface area contributed by atoms with E-state index >= 15 is 0 Å². The van der Waals surface area contributed by atoms with Gasteiger partial charge in [0.2, 0.25) is 0 Å². The molecule has 0 aliphatic carbocycles. The quantitative estimate of drug-likeness (QED) is 0.378. The third-order valence-electron chi connectivity index (χ3n) is 5.30. The summed E-state index contributed by atoms with van der Waals surface area (Å²) in [6, 6.07) is 14.9. The van der Waals surface area contributed by atoms with Gasteiger partial charge < -0.3 is 18.9 Å². The van der Waals surface area contributed by atoms with Crippen molar-refractivity contribution in [3.05, 3.63) is 59.8 Å². The fourth-order valence-electron chi connectivity index (χ4n) is 3.53. The van der Waals surface area contributed by atoms with E-state index in [-0.39, 0.29) is 18.4 Å². The van der Waals surface area contributed by atoms with Gasteiger partial charge in [-0.3, -0.25) is 9.59 Å². The van der Waals surface area contributed by atoms with Gasteiger partial charge in [-0.25, -0.2) is 5.43 Å². The molecule has 1 N–H and O–H groups in total. The molecule has 174 valence electrons. The van der Waals surface area contributed by atoms with Crippen LogP contribution in [0, 0.1) is 0 Å². The number of nitrogens with zero attached hydrogens (tertiary/aromatic N) is 3. The molecule has 0 saturated carbocycles. The van der Waals surface area contributed by atoms with Crippen molar-refractivity contribution in [1.29, 1.82) is 0 Å². The molecule has 8 heteroatoms. The monoisotopic (exact) mass is 450 g/mol. The van der Waals surface area contributed by atoms with Gasteiger partial charge in [0.15, 0.2) is 18.1 Å². The van der Waals surface area contributed by atoms with E-state index in [1.165, 1.54) is 6.21 Å². The molecule has 8 nitrogen and oxygen atoms in total. The number of rotatable bonds is 10. The molecule has 0 saturated heterocycles. The van der Waals surface area contributed by atoms with Crippen LogP contribution in [0.15, 0.2) is 53.6 Å². The zero-order valence-electron chi connectivity index (χ0n) is 19.5. The molecular formula is C25H30N4O4. The van der Waals surface area contributed by atoms with E-state index in [0.29, 0.717) is 36.9 Å². The summed E-state index contributed by atoms with van der Waals surface area (Å²) >= 11 is 0. The van der Waals surface area contributed by atoms with E-state index in [1.807, 2.05) is 62.7 Å². The lowest BCUT2D eigenvalue weighted by atomic mass is 10.2. The summed E-state index contributed by atoms with van der Waals surface area (Å²) in [5, 5.41) is 5.08. The molecule has 1 aromatic heterocycles. The van der Waals surface area contributed by atoms with E-state index in [4.69, 9.17) is 9.47 Å². The fourth-order valence-corrected chi connectivity index (χ4v) is 3.53. The summed E-state index contributed by atoms with van der Waals surface area (Å²) in [6.07, 6.45) is 1.54. The largest absolute Gasteiger partial charge is 0.490 e. The van der Waals surface area contributed by atoms with E-state index in [2.05, 4.69) is 10.5 Å². The topological polar surface area (TPSA) is 85.2 Å². The highest BCUT2D eigenvalue weighted by molar-refractivity contribution is 5.99. The zero-order valence-corrected chi connectivity index (χ0v) is 19.5. The molecule has 33 heavy (non-hydrogen) atoms. The number of carbonyl (C=O) groups is 2. The van der Waals surface area contributed by atoms with E-state index in [9.17, 15) is 9.59 Å². The number of benzene rings is 2. The molecule has 0 aliphatic rings. The second-order valence-electron chi connectivity index (χ2n) is 7.34. The molecule has 2 aromatic carbocycles. The Morgan fingerprint density at radius 3 is 2.48 bits per heavy atom. The Labute approximate surface area is 193 Å². The van der Waals surface area contributed by atoms with Gasteiger partial charge in [-0.15, -0.1) is 0 Å². The van der Waals surface area contributed by atoms with Crippen LogP contribution in [0.1, 0.15) is 36.8 Å². The predicted octanol–water partition coefficient (Wildman–Crippen LogP) is 3.59. The normalized spacial score (nSPS) is 11.0. The minimum Gasteiger partial charge on any atom is -0.490 e. The van der Waals surface area contributed by atoms with Crippen molar-refractivity contribution in [3.8, 4) is 11.5 Å². The summed E-state index contributed by atoms with van der Waals surface area (Å²) in [6.45, 7) is 7.39. The number of fused-ring (bicyclic) bond motifs is 1. The van der Waals surface area contributed by atoms with Crippen molar-refractivity contribution < 1.29 is 19.1 Å². The molecular weight excluding hydrogens is 420 g/mol. The second-order valence-corrected chi connectivity index (χ2v) is 7.34. The third-order valence-corrected chi connectivity index (χ3v) is 5.30. The molecule has 0 spiro atoms. The van der Waals surface area contributed by atoms with Crippen molar-refractivity contribution >= 4 is 28.9 Å². The van der Waals surface area contributed by atoms with Crippen LogP contribution in [0.3, 0.4) is 0 Å². The van der Waals surface area contributed by atoms with Gasteiger partial charge in [-0.2, -0.15) is 5.10 Å². The minimum atomic E-state index is -0.301. The number of nitrogens with one attached hydrogen (secondary N) is 1. The maximum atomic E-state index is 12.6. The van der Waals surface area contributed by atoms with Crippen LogP contribution in [0.25, 0.3) is 10.9 Å². The van der Waals surface area contributed by atoms with Crippen molar-refractivity contribution in [2.24, 2.45) is 12.1 Å². The van der Waals surface area contributed by atoms with E-state index in [0.717, 1.165) is 16.5 Å². The first-order chi connectivity index (χ1) is 16.0. The molecule has 3 aromatic rings. The van der Waals surface area contributed by atoms with Crippen molar-refractivity contribution in [3.63, 3.8) is 0 Å². The van der Waals surface area contributed by atoms with E-state index < -0.39 is 0 Å². The Bertz CT molecular complexity index is 1150. The highest BCUT2D eigenvalue weighted by Gasteiger charge is 2.14. The molecule has 0 unspecified atom stereocenters. The first kappa shape index (κ1) is 23.8. The van der Waals surface area contributed by atoms with Crippen LogP contribution < -0.4 is 14.9 Å². The number of hydrogen-bond acceptors (Lipinski definition) is 5. The summed E-state index contributed by atoms with van der Waals surface area (Å²) in [5.74, 6) is 0.608. The first-order valence-corrected chi connectivity index (χ1v) is 11.0. The predicted molar refractivity (Wildman–Crippen MR) is 129 cm³/mol. The Hall–Kier alpha value is -3.81. The number of hydrazone groups is 1. The highest BCUT2D eigenvalue weighted by Crippen LogP contribution is 2.28. The van der Waals surface area contributed by atoms with E-state index in [1.54, 1.807) is 23.1 Å². The lowest BCUT2D eigenvalue weighted by Gasteiger charge is -2.19. The highest BCUT2D eigenvalue weighted by atomic mass is 16.5. The van der Waals surface area contributed by atoms with Crippen molar-refractivity contribution in [2.75, 3.05) is 26.3 Å². The number of aryl methyl sites for hydroxylation is 1. The first-order valence-electron chi connectivity index (χ1n) is 11.0. The number of hydrogen-bond donors (Lipinski definition) is 1. The maximum absolute atomic E-state index is 12.6. The van der Waals surface area contributed by atoms with Crippen LogP contribution >= 0.6 is 0 Å². The Kier molecular flexibility index (Phi) is 8.07. The van der Waals surface area contributed by atoms with Gasteiger partial charge in [0.25, 0.3) is 11.8 Å². The maximum Gasteiger partial charge on any atom is 0.287 e. The Balaban J connectivity index is 1.67. The second kappa shape index (κ2) is 11.2. The minimum absolute atomic E-state index is 0.0593. The van der Waals surface area contributed by atoms with Crippen LogP contribution in [0.2, 0.25) is 0 Å². The van der Waals surface area contributed by atoms with Crippen LogP contribution in [0.5, 0.6) is 11.5 Å². The molecule has 3 rings (SSSR count). The molecule has 0 fully saturated rings. The zero-order chi connectivity index (χ0) is 23.8. The van der Waals surface area contributed by atoms with Crippen LogP contribution in [-0.2, 0) is 11.8 Å². The molecule has 1 heterocycles. The number of carbonyl (C=O) groups excluding carboxylic acids is 2. The lowest BCUT2D eigenvalue weighted by molar-refractivity contribution is -0.133. The summed E-state index contributed by atoms with van der Waals surface area (Å²) in [7, 11) is 1.85. The van der Waals surface area contributed by atoms with Gasteiger partial charge in [-0.05, 0) is 56.7 Å². The van der Waals surface area contributed by atoms with Crippen molar-refractivity contribution in [2.45, 2.75) is 20.8 Å². The summed E-state index contributed by atoms with van der Waals surface area (Å²) in [4.78, 5) is 26.5. The lowest BCUT2D eigenvalue weighted by Crippen LogP contribution is -2.34. The molecule has 0 atom stereocenters. The van der Waals surface area contributed by atoms with Crippen molar-refractivity contribution in [1.82, 2.24) is 14.9 Å². The van der Waals surface area contributed by atoms with Gasteiger partial charge in [0, 0.05) is 31.0 Å². The van der Waals surface area contributed by atoms with Gasteiger partial charge in [0.05, 0.1) is 12.8 Å². The smallest absolute Gasteiger partial charge is 0.287 e. The average molecular weight is 451 g/mol. The Morgan fingerprint density at radius 1 is 1.03 bits per heavy atom. The van der Waals surface area contributed by atoms with Gasteiger partial charge in [-0.1, -0.05) is 18.2 Å². The average Bonchev–Trinajstić information content (AvgIpc) is 3.16. The molecule has 2 amide bonds. The summed E-state index contributed by atoms with van der Waals surface area (Å²) in [5.41, 5.74) is 4.78. The number of likely N-dealkylation sites (N-methyl/N-ethyl adjacent to an activating group) is 1. The SMILES string of the molecule is CCOc1cc(/C=N/NC(=O)c2cc3ccccc3n2C)ccc1OCC(=O)N(CC)CC. The van der Waals surface area contributed by atoms with Crippen LogP contribution in [-0.4, -0.2) is 53.8 Å². The standard InChI is InChI=1S/C25H30N4O4/c1-5-29(6-2)24(30)17-33-22-13-12-18(14-23(22)32-7-3)16-26-27-25(31)21-15-19-10-8-9-11-20(19)28(21)4/h8-16H,5-7,17H2,1-4H3,(H,27,31)/b26-16+. The molecule has 0 aliphatic heterocycles. The molecule has 0 radical (unpaired) electrons. The van der Waals surface area contributed by atoms with Gasteiger partial charge >= 0.3 is 0 Å². The van der Waals surface area contributed by atoms with Gasteiger partial charge in [0.1, 0.15) is 5.69 Å². The number of amides is 2. The summed E-state index contributed by atoms with van der Waals surface area (Å²) < 4.78 is 13.2. The number of aromatic nitrogens is 1. The number of ether oxygens (including phenoxy) is 2. The van der Waals surface area contributed by atoms with Crippen LogP contribution in [0.4, 0.5) is 0 Å². The number of para-hydroxylation sites is 1. The Morgan fingerprint density at radius 2 is 1.79 bits per heavy atom. The fraction of sp³-hybridized carbons (Fsp3) is 0.320.